The lowest BCUT2D eigenvalue weighted by molar-refractivity contribution is 1.37. The van der Waals surface area contributed by atoms with Crippen LogP contribution >= 0.6 is 11.6 Å². The number of rotatable bonds is 1. The molecule has 0 aliphatic rings. The Morgan fingerprint density at radius 3 is 2.72 bits per heavy atom. The number of aromatic nitrogens is 1. The lowest BCUT2D eigenvalue weighted by Crippen LogP contribution is -2.26. The van der Waals surface area contributed by atoms with Gasteiger partial charge in [-0.15, -0.1) is 0 Å². The SMILES string of the molecule is NC(N)=NC(N)=Nc1cccc2ncc(Cl)cc12. The van der Waals surface area contributed by atoms with Gasteiger partial charge in [0.15, 0.2) is 5.96 Å². The van der Waals surface area contributed by atoms with Crippen molar-refractivity contribution in [1.82, 2.24) is 4.98 Å². The highest BCUT2D eigenvalue weighted by atomic mass is 35.5. The first kappa shape index (κ1) is 12.1. The quantitative estimate of drug-likeness (QED) is 0.527. The van der Waals surface area contributed by atoms with Gasteiger partial charge in [-0.05, 0) is 18.2 Å². The zero-order valence-corrected chi connectivity index (χ0v) is 10.1. The summed E-state index contributed by atoms with van der Waals surface area (Å²) in [4.78, 5) is 11.9. The molecule has 92 valence electrons. The van der Waals surface area contributed by atoms with Gasteiger partial charge in [-0.3, -0.25) is 4.98 Å². The maximum Gasteiger partial charge on any atom is 0.223 e. The van der Waals surface area contributed by atoms with Crippen molar-refractivity contribution < 1.29 is 0 Å². The molecular formula is C11H11ClN6. The molecule has 1 aromatic heterocycles. The second kappa shape index (κ2) is 4.89. The van der Waals surface area contributed by atoms with Crippen molar-refractivity contribution in [2.45, 2.75) is 0 Å². The van der Waals surface area contributed by atoms with Crippen LogP contribution in [0.2, 0.25) is 5.02 Å². The minimum absolute atomic E-state index is 0.0255. The number of fused-ring (bicyclic) bond motifs is 1. The maximum absolute atomic E-state index is 5.90. The molecule has 0 spiro atoms. The van der Waals surface area contributed by atoms with E-state index in [0.29, 0.717) is 10.7 Å². The summed E-state index contributed by atoms with van der Waals surface area (Å²) < 4.78 is 0. The summed E-state index contributed by atoms with van der Waals surface area (Å²) in [7, 11) is 0. The molecule has 0 aliphatic heterocycles. The Morgan fingerprint density at radius 1 is 1.22 bits per heavy atom. The van der Waals surface area contributed by atoms with Crippen molar-refractivity contribution in [1.29, 1.82) is 0 Å². The predicted octanol–water partition coefficient (Wildman–Crippen LogP) is 1.11. The van der Waals surface area contributed by atoms with Gasteiger partial charge >= 0.3 is 0 Å². The van der Waals surface area contributed by atoms with E-state index >= 15 is 0 Å². The van der Waals surface area contributed by atoms with Crippen LogP contribution in [-0.2, 0) is 0 Å². The molecule has 0 bridgehead atoms. The average molecular weight is 263 g/mol. The fourth-order valence-electron chi connectivity index (χ4n) is 1.49. The van der Waals surface area contributed by atoms with Crippen LogP contribution in [0.1, 0.15) is 0 Å². The largest absolute Gasteiger partial charge is 0.370 e. The molecule has 2 rings (SSSR count). The summed E-state index contributed by atoms with van der Waals surface area (Å²) in [6.07, 6.45) is 1.57. The highest BCUT2D eigenvalue weighted by molar-refractivity contribution is 6.31. The van der Waals surface area contributed by atoms with E-state index in [9.17, 15) is 0 Å². The van der Waals surface area contributed by atoms with Gasteiger partial charge in [0.25, 0.3) is 0 Å². The molecule has 0 radical (unpaired) electrons. The van der Waals surface area contributed by atoms with Crippen molar-refractivity contribution in [3.63, 3.8) is 0 Å². The topological polar surface area (TPSA) is 116 Å². The Balaban J connectivity index is 2.58. The third-order valence-electron chi connectivity index (χ3n) is 2.15. The van der Waals surface area contributed by atoms with Crippen LogP contribution in [0.25, 0.3) is 10.9 Å². The summed E-state index contributed by atoms with van der Waals surface area (Å²) in [6, 6.07) is 7.19. The van der Waals surface area contributed by atoms with Gasteiger partial charge in [0.2, 0.25) is 5.96 Å². The third-order valence-corrected chi connectivity index (χ3v) is 2.35. The van der Waals surface area contributed by atoms with Crippen LogP contribution < -0.4 is 17.2 Å². The van der Waals surface area contributed by atoms with Crippen molar-refractivity contribution in [3.8, 4) is 0 Å². The number of nitrogens with zero attached hydrogens (tertiary/aromatic N) is 3. The number of hydrogen-bond acceptors (Lipinski definition) is 2. The van der Waals surface area contributed by atoms with Gasteiger partial charge in [0, 0.05) is 11.6 Å². The van der Waals surface area contributed by atoms with E-state index in [1.54, 1.807) is 18.3 Å². The van der Waals surface area contributed by atoms with Crippen LogP contribution in [0.5, 0.6) is 0 Å². The molecule has 7 heteroatoms. The first-order valence-electron chi connectivity index (χ1n) is 5.04. The number of benzene rings is 1. The number of nitrogens with two attached hydrogens (primary N) is 3. The second-order valence-corrected chi connectivity index (χ2v) is 3.94. The Bertz CT molecular complexity index is 645. The molecular weight excluding hydrogens is 252 g/mol. The van der Waals surface area contributed by atoms with Gasteiger partial charge < -0.3 is 17.2 Å². The van der Waals surface area contributed by atoms with Gasteiger partial charge in [0.1, 0.15) is 0 Å². The summed E-state index contributed by atoms with van der Waals surface area (Å²) >= 11 is 5.90. The first-order chi connectivity index (χ1) is 8.56. The molecule has 1 heterocycles. The number of guanidine groups is 2. The molecule has 6 N–H and O–H groups in total. The highest BCUT2D eigenvalue weighted by Gasteiger charge is 2.02. The molecule has 0 saturated heterocycles. The molecule has 0 saturated carbocycles. The van der Waals surface area contributed by atoms with Crippen molar-refractivity contribution in [2.75, 3.05) is 0 Å². The molecule has 0 aliphatic carbocycles. The Morgan fingerprint density at radius 2 is 2.00 bits per heavy atom. The van der Waals surface area contributed by atoms with Crippen LogP contribution in [0.15, 0.2) is 40.4 Å². The fourth-order valence-corrected chi connectivity index (χ4v) is 1.64. The monoisotopic (exact) mass is 262 g/mol. The second-order valence-electron chi connectivity index (χ2n) is 3.50. The number of hydrogen-bond donors (Lipinski definition) is 3. The molecule has 0 unspecified atom stereocenters. The molecule has 1 aromatic carbocycles. The van der Waals surface area contributed by atoms with E-state index < -0.39 is 0 Å². The minimum Gasteiger partial charge on any atom is -0.370 e. The van der Waals surface area contributed by atoms with E-state index in [1.807, 2.05) is 12.1 Å². The van der Waals surface area contributed by atoms with E-state index in [0.717, 1.165) is 10.9 Å². The molecule has 2 aromatic rings. The average Bonchev–Trinajstić information content (AvgIpc) is 2.28. The van der Waals surface area contributed by atoms with E-state index in [4.69, 9.17) is 28.8 Å². The van der Waals surface area contributed by atoms with Crippen LogP contribution in [0.3, 0.4) is 0 Å². The van der Waals surface area contributed by atoms with Crippen molar-refractivity contribution >= 4 is 40.1 Å². The van der Waals surface area contributed by atoms with Gasteiger partial charge in [0.05, 0.1) is 16.2 Å². The standard InChI is InChI=1S/C11H11ClN6/c12-6-4-7-8(16-5-6)2-1-3-9(7)17-11(15)18-10(13)14/h1-5H,(H6,13,14,15,17,18). The van der Waals surface area contributed by atoms with Crippen LogP contribution in [0.4, 0.5) is 5.69 Å². The molecule has 0 amide bonds. The summed E-state index contributed by atoms with van der Waals surface area (Å²) in [5, 5.41) is 1.30. The summed E-state index contributed by atoms with van der Waals surface area (Å²) in [5.41, 5.74) is 17.4. The van der Waals surface area contributed by atoms with Crippen molar-refractivity contribution in [2.24, 2.45) is 27.2 Å². The van der Waals surface area contributed by atoms with Gasteiger partial charge in [-0.1, -0.05) is 17.7 Å². The molecule has 6 nitrogen and oxygen atoms in total. The zero-order chi connectivity index (χ0) is 13.1. The zero-order valence-electron chi connectivity index (χ0n) is 9.34. The highest BCUT2D eigenvalue weighted by Crippen LogP contribution is 2.26. The smallest absolute Gasteiger partial charge is 0.223 e. The lowest BCUT2D eigenvalue weighted by Gasteiger charge is -2.02. The maximum atomic E-state index is 5.90. The summed E-state index contributed by atoms with van der Waals surface area (Å²) in [6.45, 7) is 0. The number of aliphatic imine (C=N–C) groups is 2. The van der Waals surface area contributed by atoms with Crippen molar-refractivity contribution in [3.05, 3.63) is 35.5 Å². The minimum atomic E-state index is -0.146. The normalized spacial score (nSPS) is 11.5. The third kappa shape index (κ3) is 2.67. The Labute approximate surface area is 108 Å². The molecule has 0 fully saturated rings. The van der Waals surface area contributed by atoms with Crippen LogP contribution in [-0.4, -0.2) is 16.9 Å². The Hall–Kier alpha value is -2.34. The van der Waals surface area contributed by atoms with E-state index in [1.165, 1.54) is 0 Å². The molecule has 0 atom stereocenters. The summed E-state index contributed by atoms with van der Waals surface area (Å²) in [5.74, 6) is -0.171. The van der Waals surface area contributed by atoms with Crippen LogP contribution in [0, 0.1) is 0 Å². The number of halogens is 1. The lowest BCUT2D eigenvalue weighted by atomic mass is 10.2. The van der Waals surface area contributed by atoms with Gasteiger partial charge in [-0.2, -0.15) is 4.99 Å². The Kier molecular flexibility index (Phi) is 3.29. The predicted molar refractivity (Wildman–Crippen MR) is 73.8 cm³/mol. The fraction of sp³-hybridized carbons (Fsp3) is 0. The molecule has 18 heavy (non-hydrogen) atoms. The van der Waals surface area contributed by atoms with Gasteiger partial charge in [-0.25, -0.2) is 4.99 Å². The number of pyridine rings is 1. The van der Waals surface area contributed by atoms with E-state index in [2.05, 4.69) is 15.0 Å². The first-order valence-corrected chi connectivity index (χ1v) is 5.42. The van der Waals surface area contributed by atoms with E-state index in [-0.39, 0.29) is 11.9 Å².